The Morgan fingerprint density at radius 1 is 1.40 bits per heavy atom. The number of anilines is 2. The Hall–Kier alpha value is -1.22. The molecule has 4 N–H and O–H groups in total. The lowest BCUT2D eigenvalue weighted by atomic mass is 9.95. The maximum atomic E-state index is 9.12. The van der Waals surface area contributed by atoms with Crippen LogP contribution < -0.4 is 11.1 Å². The summed E-state index contributed by atoms with van der Waals surface area (Å²) >= 11 is 0. The van der Waals surface area contributed by atoms with Gasteiger partial charge < -0.3 is 16.2 Å². The van der Waals surface area contributed by atoms with E-state index in [0.29, 0.717) is 6.54 Å². The predicted molar refractivity (Wildman–Crippen MR) is 64.9 cm³/mol. The van der Waals surface area contributed by atoms with Gasteiger partial charge in [0.05, 0.1) is 11.4 Å². The van der Waals surface area contributed by atoms with E-state index in [1.54, 1.807) is 0 Å². The zero-order valence-electron chi connectivity index (χ0n) is 9.67. The molecular formula is C12H20N2O. The van der Waals surface area contributed by atoms with Crippen LogP contribution >= 0.6 is 0 Å². The Balaban J connectivity index is 2.70. The molecule has 0 fully saturated rings. The van der Waals surface area contributed by atoms with E-state index in [1.165, 1.54) is 0 Å². The summed E-state index contributed by atoms with van der Waals surface area (Å²) in [4.78, 5) is 0. The van der Waals surface area contributed by atoms with Gasteiger partial charge in [-0.25, -0.2) is 0 Å². The van der Waals surface area contributed by atoms with Crippen molar-refractivity contribution in [3.05, 3.63) is 23.8 Å². The highest BCUT2D eigenvalue weighted by Crippen LogP contribution is 2.23. The van der Waals surface area contributed by atoms with Crippen LogP contribution in [-0.4, -0.2) is 18.3 Å². The van der Waals surface area contributed by atoms with Crippen LogP contribution in [0.25, 0.3) is 0 Å². The van der Waals surface area contributed by atoms with Crippen LogP contribution in [0, 0.1) is 12.3 Å². The highest BCUT2D eigenvalue weighted by molar-refractivity contribution is 5.69. The standard InChI is InChI=1S/C12H20N2O/c1-9-5-4-6-10(11(9)13)14-7-12(2,3)8-15/h4-6,14-15H,7-8,13H2,1-3H3. The van der Waals surface area contributed by atoms with Crippen molar-refractivity contribution >= 4 is 11.4 Å². The first-order valence-corrected chi connectivity index (χ1v) is 5.16. The van der Waals surface area contributed by atoms with Gasteiger partial charge in [0.2, 0.25) is 0 Å². The number of hydrogen-bond donors (Lipinski definition) is 3. The summed E-state index contributed by atoms with van der Waals surface area (Å²) in [6, 6.07) is 5.91. The van der Waals surface area contributed by atoms with Crippen LogP contribution in [-0.2, 0) is 0 Å². The van der Waals surface area contributed by atoms with E-state index < -0.39 is 0 Å². The van der Waals surface area contributed by atoms with E-state index in [4.69, 9.17) is 10.8 Å². The summed E-state index contributed by atoms with van der Waals surface area (Å²) in [5.74, 6) is 0. The molecule has 1 aromatic rings. The minimum absolute atomic E-state index is 0.129. The molecule has 15 heavy (non-hydrogen) atoms. The molecule has 3 nitrogen and oxygen atoms in total. The fourth-order valence-corrected chi connectivity index (χ4v) is 1.23. The van der Waals surface area contributed by atoms with E-state index in [0.717, 1.165) is 16.9 Å². The van der Waals surface area contributed by atoms with E-state index in [1.807, 2.05) is 39.0 Å². The molecule has 0 saturated heterocycles. The maximum Gasteiger partial charge on any atom is 0.0579 e. The molecule has 0 saturated carbocycles. The number of hydrogen-bond acceptors (Lipinski definition) is 3. The fraction of sp³-hybridized carbons (Fsp3) is 0.500. The van der Waals surface area contributed by atoms with Gasteiger partial charge >= 0.3 is 0 Å². The number of aliphatic hydroxyl groups excluding tert-OH is 1. The topological polar surface area (TPSA) is 58.3 Å². The summed E-state index contributed by atoms with van der Waals surface area (Å²) in [5.41, 5.74) is 8.60. The lowest BCUT2D eigenvalue weighted by Crippen LogP contribution is -2.27. The van der Waals surface area contributed by atoms with Gasteiger partial charge in [0.1, 0.15) is 0 Å². The number of nitrogens with one attached hydrogen (secondary N) is 1. The van der Waals surface area contributed by atoms with Crippen LogP contribution in [0.2, 0.25) is 0 Å². The molecule has 0 radical (unpaired) electrons. The van der Waals surface area contributed by atoms with Crippen LogP contribution in [0.3, 0.4) is 0 Å². The van der Waals surface area contributed by atoms with Crippen molar-refractivity contribution in [1.82, 2.24) is 0 Å². The molecule has 0 aliphatic rings. The highest BCUT2D eigenvalue weighted by atomic mass is 16.3. The smallest absolute Gasteiger partial charge is 0.0579 e. The average Bonchev–Trinajstić information content (AvgIpc) is 2.20. The molecule has 1 rings (SSSR count). The van der Waals surface area contributed by atoms with Gasteiger partial charge in [-0.3, -0.25) is 0 Å². The first-order chi connectivity index (χ1) is 6.96. The molecule has 0 spiro atoms. The second-order valence-corrected chi connectivity index (χ2v) is 4.71. The molecule has 0 aromatic heterocycles. The molecule has 1 aromatic carbocycles. The van der Waals surface area contributed by atoms with Gasteiger partial charge in [0, 0.05) is 18.6 Å². The van der Waals surface area contributed by atoms with Gasteiger partial charge in [-0.2, -0.15) is 0 Å². The molecule has 84 valence electrons. The molecule has 0 unspecified atom stereocenters. The van der Waals surface area contributed by atoms with Crippen LogP contribution in [0.4, 0.5) is 11.4 Å². The quantitative estimate of drug-likeness (QED) is 0.663. The minimum atomic E-state index is -0.129. The van der Waals surface area contributed by atoms with Crippen LogP contribution in [0.1, 0.15) is 19.4 Å². The van der Waals surface area contributed by atoms with E-state index in [9.17, 15) is 0 Å². The fourth-order valence-electron chi connectivity index (χ4n) is 1.23. The van der Waals surface area contributed by atoms with Gasteiger partial charge in [-0.1, -0.05) is 26.0 Å². The average molecular weight is 208 g/mol. The number of para-hydroxylation sites is 1. The third-order valence-corrected chi connectivity index (χ3v) is 2.51. The highest BCUT2D eigenvalue weighted by Gasteiger charge is 2.16. The summed E-state index contributed by atoms with van der Waals surface area (Å²) < 4.78 is 0. The summed E-state index contributed by atoms with van der Waals surface area (Å²) in [6.07, 6.45) is 0. The monoisotopic (exact) mass is 208 g/mol. The van der Waals surface area contributed by atoms with Crippen molar-refractivity contribution in [2.45, 2.75) is 20.8 Å². The minimum Gasteiger partial charge on any atom is -0.397 e. The van der Waals surface area contributed by atoms with Crippen molar-refractivity contribution in [3.63, 3.8) is 0 Å². The molecule has 0 aliphatic carbocycles. The van der Waals surface area contributed by atoms with Crippen molar-refractivity contribution < 1.29 is 5.11 Å². The molecule has 0 aliphatic heterocycles. The molecule has 0 bridgehead atoms. The molecule has 0 heterocycles. The number of rotatable bonds is 4. The Labute approximate surface area is 91.3 Å². The second kappa shape index (κ2) is 4.53. The van der Waals surface area contributed by atoms with Gasteiger partial charge in [-0.05, 0) is 18.6 Å². The zero-order valence-corrected chi connectivity index (χ0v) is 9.67. The lowest BCUT2D eigenvalue weighted by Gasteiger charge is -2.23. The molecule has 0 amide bonds. The third-order valence-electron chi connectivity index (χ3n) is 2.51. The lowest BCUT2D eigenvalue weighted by molar-refractivity contribution is 0.171. The normalized spacial score (nSPS) is 11.5. The summed E-state index contributed by atoms with van der Waals surface area (Å²) in [6.45, 7) is 6.86. The molecule has 3 heteroatoms. The molecule has 0 atom stereocenters. The Morgan fingerprint density at radius 2 is 2.07 bits per heavy atom. The first-order valence-electron chi connectivity index (χ1n) is 5.16. The van der Waals surface area contributed by atoms with Crippen molar-refractivity contribution in [2.24, 2.45) is 5.41 Å². The zero-order chi connectivity index (χ0) is 11.5. The van der Waals surface area contributed by atoms with Crippen molar-refractivity contribution in [1.29, 1.82) is 0 Å². The number of aliphatic hydroxyl groups is 1. The van der Waals surface area contributed by atoms with Gasteiger partial charge in [0.25, 0.3) is 0 Å². The first kappa shape index (κ1) is 11.9. The number of aryl methyl sites for hydroxylation is 1. The van der Waals surface area contributed by atoms with Gasteiger partial charge in [-0.15, -0.1) is 0 Å². The summed E-state index contributed by atoms with van der Waals surface area (Å²) in [5, 5.41) is 12.4. The SMILES string of the molecule is Cc1cccc(NCC(C)(C)CO)c1N. The number of benzene rings is 1. The Morgan fingerprint density at radius 3 is 2.67 bits per heavy atom. The number of nitrogen functional groups attached to an aromatic ring is 1. The summed E-state index contributed by atoms with van der Waals surface area (Å²) in [7, 11) is 0. The van der Waals surface area contributed by atoms with Crippen molar-refractivity contribution in [2.75, 3.05) is 24.2 Å². The molecular weight excluding hydrogens is 188 g/mol. The Kier molecular flexibility index (Phi) is 3.58. The van der Waals surface area contributed by atoms with Crippen LogP contribution in [0.15, 0.2) is 18.2 Å². The number of nitrogens with two attached hydrogens (primary N) is 1. The second-order valence-electron chi connectivity index (χ2n) is 4.71. The van der Waals surface area contributed by atoms with E-state index >= 15 is 0 Å². The van der Waals surface area contributed by atoms with Crippen molar-refractivity contribution in [3.8, 4) is 0 Å². The Bertz CT molecular complexity index is 334. The largest absolute Gasteiger partial charge is 0.397 e. The van der Waals surface area contributed by atoms with Crippen LogP contribution in [0.5, 0.6) is 0 Å². The van der Waals surface area contributed by atoms with Gasteiger partial charge in [0.15, 0.2) is 0 Å². The maximum absolute atomic E-state index is 9.12. The predicted octanol–water partition coefficient (Wildman–Crippen LogP) is 2.01. The van der Waals surface area contributed by atoms with E-state index in [2.05, 4.69) is 5.32 Å². The van der Waals surface area contributed by atoms with E-state index in [-0.39, 0.29) is 12.0 Å². The third kappa shape index (κ3) is 3.13.